The first-order chi connectivity index (χ1) is 4.77. The maximum Gasteiger partial charge on any atom is 0.188 e. The van der Waals surface area contributed by atoms with Crippen LogP contribution in [0, 0.1) is 0 Å². The van der Waals surface area contributed by atoms with Crippen molar-refractivity contribution in [3.63, 3.8) is 0 Å². The predicted octanol–water partition coefficient (Wildman–Crippen LogP) is 1.50. The molecule has 0 saturated carbocycles. The molecule has 10 heavy (non-hydrogen) atoms. The van der Waals surface area contributed by atoms with E-state index in [-0.39, 0.29) is 6.10 Å². The molecule has 3 unspecified atom stereocenters. The molecule has 1 aliphatic rings. The first-order valence-corrected chi connectivity index (χ1v) is 3.60. The monoisotopic (exact) mass is 148 g/mol. The van der Waals surface area contributed by atoms with E-state index in [4.69, 9.17) is 9.47 Å². The van der Waals surface area contributed by atoms with E-state index in [1.54, 1.807) is 0 Å². The Morgan fingerprint density at radius 2 is 2.40 bits per heavy atom. The lowest BCUT2D eigenvalue weighted by Gasteiger charge is -2.09. The van der Waals surface area contributed by atoms with Gasteiger partial charge >= 0.3 is 0 Å². The Morgan fingerprint density at radius 3 is 2.70 bits per heavy atom. The highest BCUT2D eigenvalue weighted by Crippen LogP contribution is 2.25. The molecule has 0 N–H and O–H groups in total. The standard InChI is InChI=1S/C7H13FO2/c1-3-5-4-6(8)7(9-2)10-5/h5-7H,3-4H2,1-2H3. The zero-order valence-corrected chi connectivity index (χ0v) is 6.34. The number of hydrogen-bond donors (Lipinski definition) is 0. The van der Waals surface area contributed by atoms with Crippen LogP contribution in [0.4, 0.5) is 4.39 Å². The van der Waals surface area contributed by atoms with Crippen molar-refractivity contribution in [2.45, 2.75) is 38.3 Å². The molecule has 3 heteroatoms. The summed E-state index contributed by atoms with van der Waals surface area (Å²) in [6.07, 6.45) is -0.158. The zero-order chi connectivity index (χ0) is 7.56. The van der Waals surface area contributed by atoms with E-state index in [1.807, 2.05) is 6.92 Å². The second kappa shape index (κ2) is 3.30. The lowest BCUT2D eigenvalue weighted by molar-refractivity contribution is -0.135. The van der Waals surface area contributed by atoms with Gasteiger partial charge in [-0.05, 0) is 6.42 Å². The highest BCUT2D eigenvalue weighted by Gasteiger charge is 2.34. The van der Waals surface area contributed by atoms with Crippen molar-refractivity contribution in [3.8, 4) is 0 Å². The lowest BCUT2D eigenvalue weighted by atomic mass is 10.2. The Labute approximate surface area is 60.3 Å². The molecule has 0 aromatic heterocycles. The largest absolute Gasteiger partial charge is 0.353 e. The SMILES string of the molecule is CCC1CC(F)C(OC)O1. The maximum absolute atomic E-state index is 12.8. The van der Waals surface area contributed by atoms with Crippen LogP contribution in [0.25, 0.3) is 0 Å². The molecule has 0 radical (unpaired) electrons. The fourth-order valence-electron chi connectivity index (χ4n) is 1.16. The van der Waals surface area contributed by atoms with E-state index in [0.717, 1.165) is 6.42 Å². The van der Waals surface area contributed by atoms with E-state index in [0.29, 0.717) is 6.42 Å². The van der Waals surface area contributed by atoms with Crippen LogP contribution in [0.5, 0.6) is 0 Å². The topological polar surface area (TPSA) is 18.5 Å². The van der Waals surface area contributed by atoms with Crippen LogP contribution >= 0.6 is 0 Å². The Hall–Kier alpha value is -0.150. The average molecular weight is 148 g/mol. The van der Waals surface area contributed by atoms with Crippen molar-refractivity contribution < 1.29 is 13.9 Å². The molecule has 0 spiro atoms. The smallest absolute Gasteiger partial charge is 0.188 e. The number of ether oxygens (including phenoxy) is 2. The number of hydrogen-bond acceptors (Lipinski definition) is 2. The normalized spacial score (nSPS) is 40.5. The van der Waals surface area contributed by atoms with Gasteiger partial charge in [-0.2, -0.15) is 0 Å². The molecular weight excluding hydrogens is 135 g/mol. The minimum absolute atomic E-state index is 0.0555. The van der Waals surface area contributed by atoms with Gasteiger partial charge in [-0.1, -0.05) is 6.92 Å². The second-order valence-corrected chi connectivity index (χ2v) is 2.52. The van der Waals surface area contributed by atoms with Crippen molar-refractivity contribution in [1.29, 1.82) is 0 Å². The molecule has 1 aliphatic heterocycles. The van der Waals surface area contributed by atoms with E-state index < -0.39 is 12.5 Å². The van der Waals surface area contributed by atoms with Crippen LogP contribution in [0.2, 0.25) is 0 Å². The van der Waals surface area contributed by atoms with Crippen LogP contribution in [-0.2, 0) is 9.47 Å². The van der Waals surface area contributed by atoms with Crippen molar-refractivity contribution in [2.75, 3.05) is 7.11 Å². The van der Waals surface area contributed by atoms with Crippen LogP contribution in [-0.4, -0.2) is 25.7 Å². The van der Waals surface area contributed by atoms with Gasteiger partial charge in [0.05, 0.1) is 6.10 Å². The molecule has 0 bridgehead atoms. The van der Waals surface area contributed by atoms with Crippen LogP contribution in [0.15, 0.2) is 0 Å². The third-order valence-electron chi connectivity index (χ3n) is 1.80. The van der Waals surface area contributed by atoms with Crippen LogP contribution < -0.4 is 0 Å². The third-order valence-corrected chi connectivity index (χ3v) is 1.80. The first-order valence-electron chi connectivity index (χ1n) is 3.60. The Morgan fingerprint density at radius 1 is 1.70 bits per heavy atom. The van der Waals surface area contributed by atoms with Gasteiger partial charge in [-0.25, -0.2) is 4.39 Å². The first kappa shape index (κ1) is 7.95. The van der Waals surface area contributed by atoms with Crippen molar-refractivity contribution in [2.24, 2.45) is 0 Å². The zero-order valence-electron chi connectivity index (χ0n) is 6.34. The van der Waals surface area contributed by atoms with Crippen molar-refractivity contribution >= 4 is 0 Å². The predicted molar refractivity (Wildman–Crippen MR) is 35.5 cm³/mol. The molecule has 0 aromatic rings. The highest BCUT2D eigenvalue weighted by atomic mass is 19.1. The van der Waals surface area contributed by atoms with Crippen LogP contribution in [0.1, 0.15) is 19.8 Å². The highest BCUT2D eigenvalue weighted by molar-refractivity contribution is 4.75. The molecule has 3 atom stereocenters. The van der Waals surface area contributed by atoms with Gasteiger partial charge in [0, 0.05) is 13.5 Å². The van der Waals surface area contributed by atoms with Gasteiger partial charge < -0.3 is 9.47 Å². The molecular formula is C7H13FO2. The summed E-state index contributed by atoms with van der Waals surface area (Å²) in [7, 11) is 1.47. The summed E-state index contributed by atoms with van der Waals surface area (Å²) in [4.78, 5) is 0. The molecule has 1 saturated heterocycles. The van der Waals surface area contributed by atoms with Gasteiger partial charge in [0.2, 0.25) is 0 Å². The van der Waals surface area contributed by atoms with Crippen molar-refractivity contribution in [1.82, 2.24) is 0 Å². The Balaban J connectivity index is 2.36. The Kier molecular flexibility index (Phi) is 2.63. The number of rotatable bonds is 2. The van der Waals surface area contributed by atoms with E-state index in [9.17, 15) is 4.39 Å². The molecule has 0 aromatic carbocycles. The van der Waals surface area contributed by atoms with E-state index >= 15 is 0 Å². The summed E-state index contributed by atoms with van der Waals surface area (Å²) in [6.45, 7) is 1.98. The summed E-state index contributed by atoms with van der Waals surface area (Å²) in [5.74, 6) is 0. The van der Waals surface area contributed by atoms with E-state index in [2.05, 4.69) is 0 Å². The average Bonchev–Trinajstić information content (AvgIpc) is 2.30. The second-order valence-electron chi connectivity index (χ2n) is 2.52. The summed E-state index contributed by atoms with van der Waals surface area (Å²) >= 11 is 0. The molecule has 60 valence electrons. The number of halogens is 1. The summed E-state index contributed by atoms with van der Waals surface area (Å²) in [5, 5.41) is 0. The summed E-state index contributed by atoms with van der Waals surface area (Å²) in [6, 6.07) is 0. The van der Waals surface area contributed by atoms with Gasteiger partial charge in [0.25, 0.3) is 0 Å². The molecule has 2 nitrogen and oxygen atoms in total. The quantitative estimate of drug-likeness (QED) is 0.590. The number of alkyl halides is 1. The van der Waals surface area contributed by atoms with Gasteiger partial charge in [-0.15, -0.1) is 0 Å². The van der Waals surface area contributed by atoms with Crippen molar-refractivity contribution in [3.05, 3.63) is 0 Å². The summed E-state index contributed by atoms with van der Waals surface area (Å²) < 4.78 is 22.7. The third kappa shape index (κ3) is 1.47. The van der Waals surface area contributed by atoms with Gasteiger partial charge in [-0.3, -0.25) is 0 Å². The van der Waals surface area contributed by atoms with E-state index in [1.165, 1.54) is 7.11 Å². The molecule has 1 heterocycles. The molecule has 0 amide bonds. The molecule has 0 aliphatic carbocycles. The minimum atomic E-state index is -0.935. The van der Waals surface area contributed by atoms with Gasteiger partial charge in [0.15, 0.2) is 12.5 Å². The maximum atomic E-state index is 12.8. The van der Waals surface area contributed by atoms with Crippen LogP contribution in [0.3, 0.4) is 0 Å². The molecule has 1 fully saturated rings. The number of methoxy groups -OCH3 is 1. The fourth-order valence-corrected chi connectivity index (χ4v) is 1.16. The molecule has 1 rings (SSSR count). The Bertz CT molecular complexity index is 108. The van der Waals surface area contributed by atoms with Gasteiger partial charge in [0.1, 0.15) is 0 Å². The summed E-state index contributed by atoms with van der Waals surface area (Å²) in [5.41, 5.74) is 0. The minimum Gasteiger partial charge on any atom is -0.353 e. The fraction of sp³-hybridized carbons (Fsp3) is 1.00. The lowest BCUT2D eigenvalue weighted by Crippen LogP contribution is -2.18.